The van der Waals surface area contributed by atoms with Crippen molar-refractivity contribution in [2.75, 3.05) is 0 Å². The molecule has 0 rings (SSSR count). The second-order valence-corrected chi connectivity index (χ2v) is 0. The number of hydrogen-bond acceptors (Lipinski definition) is 0. The maximum atomic E-state index is 0. The summed E-state index contributed by atoms with van der Waals surface area (Å²) in [5.74, 6) is 0. The Morgan fingerprint density at radius 2 is 0.333 bits per heavy atom. The van der Waals surface area contributed by atoms with E-state index < -0.39 is 0 Å². The average molecular weight is 434 g/mol. The molecule has 0 spiro atoms. The zero-order chi connectivity index (χ0) is 0. The van der Waals surface area contributed by atoms with Crippen LogP contribution in [0.3, 0.4) is 0 Å². The molecule has 0 aliphatic carbocycles. The molecule has 0 fully saturated rings. The molecule has 0 aliphatic rings. The van der Waals surface area contributed by atoms with Crippen LogP contribution in [0.4, 0.5) is 0 Å². The monoisotopic (exact) mass is 436 g/mol. The first kappa shape index (κ1) is 232. The molecule has 0 saturated heterocycles. The Morgan fingerprint density at radius 3 is 0.333 bits per heavy atom. The molecule has 9 heavy (non-hydrogen) atoms. The van der Waals surface area contributed by atoms with Crippen molar-refractivity contribution in [3.8, 4) is 0 Å². The molecule has 0 saturated carbocycles. The van der Waals surface area contributed by atoms with E-state index in [9.17, 15) is 0 Å². The Morgan fingerprint density at radius 1 is 0.333 bits per heavy atom. The third-order valence-corrected chi connectivity index (χ3v) is 0. The summed E-state index contributed by atoms with van der Waals surface area (Å²) in [6.07, 6.45) is 0. The zero-order valence-electron chi connectivity index (χ0n) is 7.32. The second kappa shape index (κ2) is 172. The van der Waals surface area contributed by atoms with Crippen LogP contribution < -0.4 is 0 Å². The molecule has 0 unspecified atom stereocenters. The Kier molecular flexibility index (Phi) is 4440. The van der Waals surface area contributed by atoms with Gasteiger partial charge in [-0.3, -0.25) is 0 Å². The van der Waals surface area contributed by atoms with Crippen LogP contribution in [0.2, 0.25) is 0 Å². The minimum atomic E-state index is 0. The summed E-state index contributed by atoms with van der Waals surface area (Å²) in [7, 11) is 0. The van der Waals surface area contributed by atoms with Gasteiger partial charge >= 0.3 is 0 Å². The number of hydrogen-bond donors (Lipinski definition) is 0. The van der Waals surface area contributed by atoms with Crippen LogP contribution in [0.5, 0.6) is 0 Å². The molecular formula is C6H18PdSn2-6. The molecule has 0 bridgehead atoms. The van der Waals surface area contributed by atoms with E-state index in [2.05, 4.69) is 0 Å². The number of rotatable bonds is 0. The van der Waals surface area contributed by atoms with Crippen molar-refractivity contribution in [3.63, 3.8) is 0 Å². The first-order valence-corrected chi connectivity index (χ1v) is 0. The summed E-state index contributed by atoms with van der Waals surface area (Å²) < 4.78 is 0. The standard InChI is InChI=1S/6CH3.Pd.2Sn/h6*1H3;;;/q6*-1;;;. The maximum Gasteiger partial charge on any atom is 0 e. The smallest absolute Gasteiger partial charge is 0 e. The van der Waals surface area contributed by atoms with Gasteiger partial charge in [0.1, 0.15) is 0 Å². The molecule has 3 heteroatoms. The maximum absolute atomic E-state index is 0. The van der Waals surface area contributed by atoms with E-state index in [0.29, 0.717) is 0 Å². The minimum absolute atomic E-state index is 0. The van der Waals surface area contributed by atoms with Gasteiger partial charge < -0.3 is 44.6 Å². The van der Waals surface area contributed by atoms with Crippen molar-refractivity contribution >= 4 is 47.8 Å². The van der Waals surface area contributed by atoms with Crippen molar-refractivity contribution in [1.29, 1.82) is 0 Å². The van der Waals surface area contributed by atoms with Gasteiger partial charge in [0.2, 0.25) is 0 Å². The fourth-order valence-electron chi connectivity index (χ4n) is 0. The molecule has 0 atom stereocenters. The van der Waals surface area contributed by atoms with Crippen LogP contribution >= 0.6 is 0 Å². The van der Waals surface area contributed by atoms with Crippen molar-refractivity contribution in [2.45, 2.75) is 0 Å². The van der Waals surface area contributed by atoms with E-state index in [1.807, 2.05) is 0 Å². The van der Waals surface area contributed by atoms with Crippen molar-refractivity contribution in [2.24, 2.45) is 0 Å². The Balaban J connectivity index is 0. The van der Waals surface area contributed by atoms with Crippen LogP contribution in [-0.2, 0) is 20.4 Å². The van der Waals surface area contributed by atoms with Gasteiger partial charge in [0, 0.05) is 68.2 Å². The molecule has 0 aromatic rings. The largest absolute Gasteiger partial charge is 0.358 e. The Bertz CT molecular complexity index is 11.0. The van der Waals surface area contributed by atoms with E-state index >= 15 is 0 Å². The summed E-state index contributed by atoms with van der Waals surface area (Å²) in [4.78, 5) is 0. The van der Waals surface area contributed by atoms with Crippen molar-refractivity contribution in [1.82, 2.24) is 0 Å². The van der Waals surface area contributed by atoms with Crippen molar-refractivity contribution in [3.05, 3.63) is 44.6 Å². The fraction of sp³-hybridized carbons (Fsp3) is 0. The molecular weight excluding hydrogens is 416 g/mol. The molecule has 0 N–H and O–H groups in total. The Hall–Kier alpha value is 2.26. The molecule has 66 valence electrons. The van der Waals surface area contributed by atoms with E-state index in [-0.39, 0.29) is 113 Å². The van der Waals surface area contributed by atoms with Gasteiger partial charge in [0.05, 0.1) is 0 Å². The van der Waals surface area contributed by atoms with E-state index in [0.717, 1.165) is 0 Å². The molecule has 0 aliphatic heterocycles. The van der Waals surface area contributed by atoms with Crippen LogP contribution in [0.1, 0.15) is 0 Å². The average Bonchev–Trinajstić information content (AvgIpc) is 0. The quantitative estimate of drug-likeness (QED) is 0.404. The summed E-state index contributed by atoms with van der Waals surface area (Å²) in [5.41, 5.74) is 0. The summed E-state index contributed by atoms with van der Waals surface area (Å²) in [6.45, 7) is 0. The topological polar surface area (TPSA) is 0 Å². The predicted molar refractivity (Wildman–Crippen MR) is 50.0 cm³/mol. The summed E-state index contributed by atoms with van der Waals surface area (Å²) >= 11 is 0. The van der Waals surface area contributed by atoms with E-state index in [1.54, 1.807) is 0 Å². The first-order chi connectivity index (χ1) is 0. The van der Waals surface area contributed by atoms with E-state index in [1.165, 1.54) is 0 Å². The van der Waals surface area contributed by atoms with Crippen LogP contribution in [0.25, 0.3) is 0 Å². The Labute approximate surface area is 112 Å². The molecule has 0 heterocycles. The third-order valence-electron chi connectivity index (χ3n) is 0. The van der Waals surface area contributed by atoms with E-state index in [4.69, 9.17) is 0 Å². The molecule has 0 aromatic heterocycles. The normalized spacial score (nSPS) is 0. The second-order valence-electron chi connectivity index (χ2n) is 0. The van der Waals surface area contributed by atoms with Gasteiger partial charge in [-0.05, 0) is 0 Å². The van der Waals surface area contributed by atoms with Gasteiger partial charge in [0.25, 0.3) is 0 Å². The zero-order valence-corrected chi connectivity index (χ0v) is 14.6. The molecule has 8 radical (unpaired) electrons. The molecule has 0 aromatic carbocycles. The molecule has 0 nitrogen and oxygen atoms in total. The SMILES string of the molecule is [CH3-].[CH3-].[CH3-].[CH3-].[CH3-].[CH3-].[Pd].[Sn].[Sn]. The predicted octanol–water partition coefficient (Wildman–Crippen LogP) is 1.94. The van der Waals surface area contributed by atoms with Gasteiger partial charge in [0.15, 0.2) is 0 Å². The first-order valence-electron chi connectivity index (χ1n) is 0. The van der Waals surface area contributed by atoms with Crippen LogP contribution in [0.15, 0.2) is 0 Å². The van der Waals surface area contributed by atoms with Gasteiger partial charge in [-0.25, -0.2) is 0 Å². The van der Waals surface area contributed by atoms with Crippen molar-refractivity contribution < 1.29 is 20.4 Å². The van der Waals surface area contributed by atoms with Gasteiger partial charge in [-0.15, -0.1) is 0 Å². The van der Waals surface area contributed by atoms with Gasteiger partial charge in [-0.2, -0.15) is 0 Å². The van der Waals surface area contributed by atoms with Gasteiger partial charge in [-0.1, -0.05) is 0 Å². The third kappa shape index (κ3) is 137. The summed E-state index contributed by atoms with van der Waals surface area (Å²) in [5, 5.41) is 0. The fourth-order valence-corrected chi connectivity index (χ4v) is 0. The van der Waals surface area contributed by atoms with Crippen LogP contribution in [0, 0.1) is 44.6 Å². The molecule has 0 amide bonds. The summed E-state index contributed by atoms with van der Waals surface area (Å²) in [6, 6.07) is 0. The van der Waals surface area contributed by atoms with Crippen LogP contribution in [-0.4, -0.2) is 47.8 Å². The minimum Gasteiger partial charge on any atom is -0.358 e.